The molecule has 1 N–H and O–H groups in total. The van der Waals surface area contributed by atoms with E-state index in [1.165, 1.54) is 30.2 Å². The van der Waals surface area contributed by atoms with Crippen LogP contribution in [0.5, 0.6) is 5.75 Å². The van der Waals surface area contributed by atoms with Crippen LogP contribution in [-0.4, -0.2) is 43.4 Å². The Morgan fingerprint density at radius 1 is 1.18 bits per heavy atom. The molecule has 0 radical (unpaired) electrons. The minimum Gasteiger partial charge on any atom is -0.495 e. The van der Waals surface area contributed by atoms with Crippen molar-refractivity contribution in [3.8, 4) is 11.4 Å². The molecule has 0 fully saturated rings. The molecule has 1 amide bonds. The molecule has 4 rings (SSSR count). The standard InChI is InChI=1S/C23H25N7O3S/c1-3-4-7-16-10-12-17(13-11-16)30-23(26-28-29-30)34-15-22-25-20(27-33-22)14-21(31)24-18-8-5-6-9-19(18)32-2/h5-6,8-13H,3-4,7,14-15H2,1-2H3,(H,24,31). The molecule has 0 bridgehead atoms. The molecule has 4 aromatic rings. The quantitative estimate of drug-likeness (QED) is 0.320. The van der Waals surface area contributed by atoms with Crippen molar-refractivity contribution in [2.24, 2.45) is 0 Å². The molecular formula is C23H25N7O3S. The van der Waals surface area contributed by atoms with E-state index in [1.807, 2.05) is 24.3 Å². The van der Waals surface area contributed by atoms with E-state index in [0.29, 0.717) is 34.1 Å². The Bertz CT molecular complexity index is 1220. The Morgan fingerprint density at radius 3 is 2.79 bits per heavy atom. The molecule has 0 unspecified atom stereocenters. The number of para-hydroxylation sites is 2. The Hall–Kier alpha value is -3.73. The third-order valence-electron chi connectivity index (χ3n) is 4.98. The molecule has 0 spiro atoms. The molecule has 0 saturated heterocycles. The summed E-state index contributed by atoms with van der Waals surface area (Å²) in [5.74, 6) is 1.36. The number of aromatic nitrogens is 6. The summed E-state index contributed by atoms with van der Waals surface area (Å²) in [6.07, 6.45) is 3.37. The van der Waals surface area contributed by atoms with Gasteiger partial charge in [-0.3, -0.25) is 4.79 Å². The fourth-order valence-electron chi connectivity index (χ4n) is 3.25. The van der Waals surface area contributed by atoms with Gasteiger partial charge < -0.3 is 14.6 Å². The van der Waals surface area contributed by atoms with Gasteiger partial charge in [0.1, 0.15) is 5.75 Å². The number of hydrogen-bond acceptors (Lipinski definition) is 9. The fourth-order valence-corrected chi connectivity index (χ4v) is 3.98. The van der Waals surface area contributed by atoms with Crippen LogP contribution in [0.3, 0.4) is 0 Å². The highest BCUT2D eigenvalue weighted by Crippen LogP contribution is 2.24. The van der Waals surface area contributed by atoms with Crippen molar-refractivity contribution >= 4 is 23.4 Å². The van der Waals surface area contributed by atoms with Crippen LogP contribution in [0.2, 0.25) is 0 Å². The number of carbonyl (C=O) groups is 1. The number of thioether (sulfide) groups is 1. The van der Waals surface area contributed by atoms with E-state index >= 15 is 0 Å². The average molecular weight is 480 g/mol. The lowest BCUT2D eigenvalue weighted by Crippen LogP contribution is -2.15. The summed E-state index contributed by atoms with van der Waals surface area (Å²) >= 11 is 1.37. The molecule has 34 heavy (non-hydrogen) atoms. The maximum Gasteiger partial charge on any atom is 0.237 e. The summed E-state index contributed by atoms with van der Waals surface area (Å²) in [4.78, 5) is 16.7. The predicted octanol–water partition coefficient (Wildman–Crippen LogP) is 3.87. The average Bonchev–Trinajstić information content (AvgIpc) is 3.51. The molecule has 176 valence electrons. The lowest BCUT2D eigenvalue weighted by molar-refractivity contribution is -0.115. The number of anilines is 1. The second kappa shape index (κ2) is 11.4. The monoisotopic (exact) mass is 479 g/mol. The van der Waals surface area contributed by atoms with E-state index in [-0.39, 0.29) is 12.3 Å². The second-order valence-corrected chi connectivity index (χ2v) is 8.40. The molecule has 11 heteroatoms. The summed E-state index contributed by atoms with van der Waals surface area (Å²) < 4.78 is 12.2. The van der Waals surface area contributed by atoms with Crippen molar-refractivity contribution < 1.29 is 14.1 Å². The Kier molecular flexibility index (Phi) is 7.87. The summed E-state index contributed by atoms with van der Waals surface area (Å²) in [6, 6.07) is 15.4. The van der Waals surface area contributed by atoms with E-state index in [2.05, 4.69) is 50.0 Å². The first-order valence-corrected chi connectivity index (χ1v) is 11.9. The van der Waals surface area contributed by atoms with Gasteiger partial charge in [-0.25, -0.2) is 0 Å². The first kappa shape index (κ1) is 23.4. The molecule has 2 heterocycles. The number of amides is 1. The van der Waals surface area contributed by atoms with Crippen molar-refractivity contribution in [1.82, 2.24) is 30.3 Å². The van der Waals surface area contributed by atoms with E-state index in [0.717, 1.165) is 12.1 Å². The Morgan fingerprint density at radius 2 is 2.00 bits per heavy atom. The Balaban J connectivity index is 1.33. The second-order valence-electron chi connectivity index (χ2n) is 7.46. The zero-order chi connectivity index (χ0) is 23.8. The van der Waals surface area contributed by atoms with E-state index in [9.17, 15) is 4.79 Å². The normalized spacial score (nSPS) is 10.9. The maximum absolute atomic E-state index is 12.4. The molecule has 2 aromatic heterocycles. The van der Waals surface area contributed by atoms with E-state index < -0.39 is 0 Å². The smallest absolute Gasteiger partial charge is 0.237 e. The van der Waals surface area contributed by atoms with Gasteiger partial charge in [0.15, 0.2) is 5.82 Å². The third kappa shape index (κ3) is 5.98. The van der Waals surface area contributed by atoms with Gasteiger partial charge >= 0.3 is 0 Å². The van der Waals surface area contributed by atoms with Gasteiger partial charge in [-0.2, -0.15) is 9.67 Å². The van der Waals surface area contributed by atoms with E-state index in [1.54, 1.807) is 23.9 Å². The molecule has 0 aliphatic rings. The molecule has 0 aliphatic heterocycles. The number of nitrogens with zero attached hydrogens (tertiary/aromatic N) is 6. The van der Waals surface area contributed by atoms with Crippen LogP contribution >= 0.6 is 11.8 Å². The number of unbranched alkanes of at least 4 members (excludes halogenated alkanes) is 1. The fraction of sp³-hybridized carbons (Fsp3) is 0.304. The number of aryl methyl sites for hydroxylation is 1. The molecule has 0 aliphatic carbocycles. The van der Waals surface area contributed by atoms with Crippen LogP contribution in [0.25, 0.3) is 5.69 Å². The number of tetrazole rings is 1. The number of nitrogens with one attached hydrogen (secondary N) is 1. The first-order chi connectivity index (χ1) is 16.7. The summed E-state index contributed by atoms with van der Waals surface area (Å²) in [5.41, 5.74) is 2.76. The maximum atomic E-state index is 12.4. The summed E-state index contributed by atoms with van der Waals surface area (Å²) in [5, 5.41) is 19.3. The highest BCUT2D eigenvalue weighted by molar-refractivity contribution is 7.98. The summed E-state index contributed by atoms with van der Waals surface area (Å²) in [7, 11) is 1.55. The van der Waals surface area contributed by atoms with Gasteiger partial charge in [-0.1, -0.05) is 54.5 Å². The van der Waals surface area contributed by atoms with Gasteiger partial charge in [0.25, 0.3) is 0 Å². The van der Waals surface area contributed by atoms with Crippen molar-refractivity contribution in [2.45, 2.75) is 43.5 Å². The molecule has 0 saturated carbocycles. The van der Waals surface area contributed by atoms with Crippen molar-refractivity contribution in [3.05, 3.63) is 65.8 Å². The van der Waals surface area contributed by atoms with Crippen LogP contribution < -0.4 is 10.1 Å². The first-order valence-electron chi connectivity index (χ1n) is 10.9. The lowest BCUT2D eigenvalue weighted by Gasteiger charge is -2.08. The number of benzene rings is 2. The van der Waals surface area contributed by atoms with Gasteiger partial charge in [-0.15, -0.1) is 5.10 Å². The Labute approximate surface area is 201 Å². The highest BCUT2D eigenvalue weighted by Gasteiger charge is 2.15. The molecule has 0 atom stereocenters. The third-order valence-corrected chi connectivity index (χ3v) is 5.88. The zero-order valence-corrected chi connectivity index (χ0v) is 19.8. The van der Waals surface area contributed by atoms with Gasteiger partial charge in [-0.05, 0) is 53.1 Å². The van der Waals surface area contributed by atoms with Crippen LogP contribution in [0.4, 0.5) is 5.69 Å². The van der Waals surface area contributed by atoms with Crippen molar-refractivity contribution in [3.63, 3.8) is 0 Å². The number of rotatable bonds is 11. The van der Waals surface area contributed by atoms with Gasteiger partial charge in [0.2, 0.25) is 17.0 Å². The van der Waals surface area contributed by atoms with E-state index in [4.69, 9.17) is 9.26 Å². The number of ether oxygens (including phenoxy) is 1. The molecule has 2 aromatic carbocycles. The van der Waals surface area contributed by atoms with Crippen molar-refractivity contribution in [1.29, 1.82) is 0 Å². The van der Waals surface area contributed by atoms with Crippen LogP contribution in [0, 0.1) is 0 Å². The number of hydrogen-bond donors (Lipinski definition) is 1. The minimum atomic E-state index is -0.268. The van der Waals surface area contributed by atoms with Crippen LogP contribution in [0.1, 0.15) is 37.0 Å². The molecular weight excluding hydrogens is 454 g/mol. The largest absolute Gasteiger partial charge is 0.495 e. The van der Waals surface area contributed by atoms with Gasteiger partial charge in [0, 0.05) is 0 Å². The molecule has 10 nitrogen and oxygen atoms in total. The topological polar surface area (TPSA) is 121 Å². The zero-order valence-electron chi connectivity index (χ0n) is 19.0. The summed E-state index contributed by atoms with van der Waals surface area (Å²) in [6.45, 7) is 2.18. The SMILES string of the molecule is CCCCc1ccc(-n2nnnc2SCc2nc(CC(=O)Nc3ccccc3OC)no2)cc1. The predicted molar refractivity (Wildman–Crippen MR) is 127 cm³/mol. The van der Waals surface area contributed by atoms with Crippen LogP contribution in [-0.2, 0) is 23.4 Å². The van der Waals surface area contributed by atoms with Gasteiger partial charge in [0.05, 0.1) is 30.7 Å². The number of carbonyl (C=O) groups excluding carboxylic acids is 1. The van der Waals surface area contributed by atoms with Crippen LogP contribution in [0.15, 0.2) is 58.2 Å². The minimum absolute atomic E-state index is 0.0195. The highest BCUT2D eigenvalue weighted by atomic mass is 32.2. The van der Waals surface area contributed by atoms with Crippen molar-refractivity contribution in [2.75, 3.05) is 12.4 Å². The number of methoxy groups -OCH3 is 1. The lowest BCUT2D eigenvalue weighted by atomic mass is 10.1.